The van der Waals surface area contributed by atoms with Crippen LogP contribution in [0, 0.1) is 0 Å². The predicted octanol–water partition coefficient (Wildman–Crippen LogP) is 3.70. The maximum absolute atomic E-state index is 11.4. The number of rotatable bonds is 7. The summed E-state index contributed by atoms with van der Waals surface area (Å²) < 4.78 is 10.1. The Labute approximate surface area is 125 Å². The highest BCUT2D eigenvalue weighted by molar-refractivity contribution is 5.86. The first-order chi connectivity index (χ1) is 10.2. The Morgan fingerprint density at radius 3 is 2.67 bits per heavy atom. The number of benzene rings is 1. The van der Waals surface area contributed by atoms with Gasteiger partial charge in [0, 0.05) is 6.04 Å². The van der Waals surface area contributed by atoms with E-state index >= 15 is 0 Å². The summed E-state index contributed by atoms with van der Waals surface area (Å²) in [6.07, 6.45) is 2.15. The van der Waals surface area contributed by atoms with Crippen LogP contribution in [-0.2, 0) is 11.3 Å². The second-order valence-electron chi connectivity index (χ2n) is 4.89. The molecule has 2 rings (SSSR count). The van der Waals surface area contributed by atoms with E-state index in [2.05, 4.69) is 29.1 Å². The highest BCUT2D eigenvalue weighted by Gasteiger charge is 2.13. The zero-order valence-electron chi connectivity index (χ0n) is 12.5. The summed E-state index contributed by atoms with van der Waals surface area (Å²) >= 11 is 0. The third-order valence-corrected chi connectivity index (χ3v) is 3.35. The number of esters is 1. The standard InChI is InChI=1S/C17H21NO3/c1-3-7-15(13-8-5-4-6-9-13)18-12-14-10-11-16(21-14)17(19)20-2/h4-6,8-11,15,18H,3,7,12H2,1-2H3. The van der Waals surface area contributed by atoms with Gasteiger partial charge in [0.25, 0.3) is 0 Å². The lowest BCUT2D eigenvalue weighted by atomic mass is 10.0. The summed E-state index contributed by atoms with van der Waals surface area (Å²) in [7, 11) is 1.34. The van der Waals surface area contributed by atoms with E-state index in [1.165, 1.54) is 12.7 Å². The Bertz CT molecular complexity index is 562. The van der Waals surface area contributed by atoms with Crippen LogP contribution in [0.1, 0.15) is 47.7 Å². The van der Waals surface area contributed by atoms with Gasteiger partial charge in [0.15, 0.2) is 0 Å². The molecule has 1 aromatic heterocycles. The summed E-state index contributed by atoms with van der Waals surface area (Å²) in [5.41, 5.74) is 1.26. The number of carbonyl (C=O) groups is 1. The van der Waals surface area contributed by atoms with E-state index in [4.69, 9.17) is 4.42 Å². The Morgan fingerprint density at radius 1 is 1.24 bits per heavy atom. The first kappa shape index (κ1) is 15.3. The molecule has 0 fully saturated rings. The molecule has 1 N–H and O–H groups in total. The van der Waals surface area contributed by atoms with E-state index in [0.29, 0.717) is 6.54 Å². The summed E-state index contributed by atoms with van der Waals surface area (Å²) in [5, 5.41) is 3.48. The smallest absolute Gasteiger partial charge is 0.373 e. The van der Waals surface area contributed by atoms with E-state index in [9.17, 15) is 4.79 Å². The van der Waals surface area contributed by atoms with Crippen molar-refractivity contribution in [2.45, 2.75) is 32.4 Å². The number of hydrogen-bond donors (Lipinski definition) is 1. The van der Waals surface area contributed by atoms with Gasteiger partial charge >= 0.3 is 5.97 Å². The average Bonchev–Trinajstić information content (AvgIpc) is 3.00. The molecule has 2 aromatic rings. The summed E-state index contributed by atoms with van der Waals surface area (Å²) in [4.78, 5) is 11.4. The van der Waals surface area contributed by atoms with Crippen LogP contribution in [0.25, 0.3) is 0 Å². The van der Waals surface area contributed by atoms with E-state index < -0.39 is 5.97 Å². The van der Waals surface area contributed by atoms with Crippen LogP contribution in [0.15, 0.2) is 46.9 Å². The molecule has 0 amide bonds. The van der Waals surface area contributed by atoms with Crippen molar-refractivity contribution in [1.82, 2.24) is 5.32 Å². The zero-order chi connectivity index (χ0) is 15.1. The fraction of sp³-hybridized carbons (Fsp3) is 0.353. The van der Waals surface area contributed by atoms with E-state index in [-0.39, 0.29) is 11.8 Å². The van der Waals surface area contributed by atoms with E-state index in [1.807, 2.05) is 18.2 Å². The predicted molar refractivity (Wildman–Crippen MR) is 81.0 cm³/mol. The third-order valence-electron chi connectivity index (χ3n) is 3.35. The van der Waals surface area contributed by atoms with Crippen molar-refractivity contribution in [1.29, 1.82) is 0 Å². The summed E-state index contributed by atoms with van der Waals surface area (Å²) in [6, 6.07) is 14.1. The zero-order valence-corrected chi connectivity index (χ0v) is 12.5. The highest BCUT2D eigenvalue weighted by Crippen LogP contribution is 2.19. The fourth-order valence-electron chi connectivity index (χ4n) is 2.27. The molecule has 0 saturated heterocycles. The monoisotopic (exact) mass is 287 g/mol. The van der Waals surface area contributed by atoms with Crippen molar-refractivity contribution < 1.29 is 13.9 Å². The number of carbonyl (C=O) groups excluding carboxylic acids is 1. The molecule has 0 saturated carbocycles. The lowest BCUT2D eigenvalue weighted by Crippen LogP contribution is -2.20. The molecule has 0 spiro atoms. The van der Waals surface area contributed by atoms with Gasteiger partial charge in [0.2, 0.25) is 5.76 Å². The summed E-state index contributed by atoms with van der Waals surface area (Å²) in [6.45, 7) is 2.75. The lowest BCUT2D eigenvalue weighted by Gasteiger charge is -2.17. The summed E-state index contributed by atoms with van der Waals surface area (Å²) in [5.74, 6) is 0.517. The van der Waals surface area contributed by atoms with Crippen molar-refractivity contribution in [2.24, 2.45) is 0 Å². The van der Waals surface area contributed by atoms with Crippen LogP contribution in [0.2, 0.25) is 0 Å². The maximum atomic E-state index is 11.4. The first-order valence-corrected chi connectivity index (χ1v) is 7.20. The van der Waals surface area contributed by atoms with Crippen molar-refractivity contribution in [3.8, 4) is 0 Å². The molecule has 21 heavy (non-hydrogen) atoms. The van der Waals surface area contributed by atoms with Crippen molar-refractivity contribution in [2.75, 3.05) is 7.11 Å². The van der Waals surface area contributed by atoms with Crippen LogP contribution in [0.4, 0.5) is 0 Å². The van der Waals surface area contributed by atoms with Crippen molar-refractivity contribution in [3.05, 3.63) is 59.5 Å². The molecular weight excluding hydrogens is 266 g/mol. The normalized spacial score (nSPS) is 12.1. The highest BCUT2D eigenvalue weighted by atomic mass is 16.5. The molecule has 0 bridgehead atoms. The van der Waals surface area contributed by atoms with Gasteiger partial charge in [0.05, 0.1) is 13.7 Å². The van der Waals surface area contributed by atoms with Gasteiger partial charge in [-0.05, 0) is 24.1 Å². The van der Waals surface area contributed by atoms with Crippen LogP contribution in [0.5, 0.6) is 0 Å². The molecule has 1 atom stereocenters. The molecule has 1 heterocycles. The first-order valence-electron chi connectivity index (χ1n) is 7.20. The third kappa shape index (κ3) is 4.20. The quantitative estimate of drug-likeness (QED) is 0.789. The maximum Gasteiger partial charge on any atom is 0.373 e. The van der Waals surface area contributed by atoms with E-state index in [1.54, 1.807) is 12.1 Å². The van der Waals surface area contributed by atoms with E-state index in [0.717, 1.165) is 18.6 Å². The Morgan fingerprint density at radius 2 is 2.00 bits per heavy atom. The molecule has 0 aliphatic heterocycles. The molecule has 1 unspecified atom stereocenters. The van der Waals surface area contributed by atoms with Gasteiger partial charge in [0.1, 0.15) is 5.76 Å². The Kier molecular flexibility index (Phi) is 5.58. The van der Waals surface area contributed by atoms with Gasteiger partial charge in [-0.15, -0.1) is 0 Å². The number of methoxy groups -OCH3 is 1. The minimum atomic E-state index is -0.450. The largest absolute Gasteiger partial charge is 0.463 e. The number of furan rings is 1. The molecule has 0 aliphatic carbocycles. The second kappa shape index (κ2) is 7.64. The van der Waals surface area contributed by atoms with Gasteiger partial charge in [-0.2, -0.15) is 0 Å². The molecule has 4 heteroatoms. The van der Waals surface area contributed by atoms with Crippen LogP contribution >= 0.6 is 0 Å². The van der Waals surface area contributed by atoms with Crippen LogP contribution in [0.3, 0.4) is 0 Å². The Balaban J connectivity index is 1.99. The van der Waals surface area contributed by atoms with Gasteiger partial charge in [-0.25, -0.2) is 4.79 Å². The number of ether oxygens (including phenoxy) is 1. The topological polar surface area (TPSA) is 51.5 Å². The molecule has 4 nitrogen and oxygen atoms in total. The molecule has 112 valence electrons. The fourth-order valence-corrected chi connectivity index (χ4v) is 2.27. The second-order valence-corrected chi connectivity index (χ2v) is 4.89. The van der Waals surface area contributed by atoms with Gasteiger partial charge < -0.3 is 14.5 Å². The number of hydrogen-bond acceptors (Lipinski definition) is 4. The van der Waals surface area contributed by atoms with Crippen LogP contribution in [-0.4, -0.2) is 13.1 Å². The molecule has 1 aromatic carbocycles. The minimum absolute atomic E-state index is 0.237. The average molecular weight is 287 g/mol. The van der Waals surface area contributed by atoms with Crippen molar-refractivity contribution >= 4 is 5.97 Å². The van der Waals surface area contributed by atoms with Crippen molar-refractivity contribution in [3.63, 3.8) is 0 Å². The SMILES string of the molecule is CCCC(NCc1ccc(C(=O)OC)o1)c1ccccc1. The molecular formula is C17H21NO3. The molecule has 0 radical (unpaired) electrons. The van der Waals surface area contributed by atoms with Crippen LogP contribution < -0.4 is 5.32 Å². The minimum Gasteiger partial charge on any atom is -0.463 e. The lowest BCUT2D eigenvalue weighted by molar-refractivity contribution is 0.0562. The Hall–Kier alpha value is -2.07. The molecule has 0 aliphatic rings. The number of nitrogens with one attached hydrogen (secondary N) is 1. The van der Waals surface area contributed by atoms with Gasteiger partial charge in [-0.3, -0.25) is 0 Å². The van der Waals surface area contributed by atoms with Gasteiger partial charge in [-0.1, -0.05) is 43.7 Å².